The summed E-state index contributed by atoms with van der Waals surface area (Å²) in [6.07, 6.45) is 4.27. The van der Waals surface area contributed by atoms with Crippen LogP contribution in [0, 0.1) is 0 Å². The molecule has 0 spiro atoms. The first-order valence-electron chi connectivity index (χ1n) is 11.1. The van der Waals surface area contributed by atoms with Crippen LogP contribution in [0.4, 0.5) is 0 Å². The van der Waals surface area contributed by atoms with Gasteiger partial charge in [0.15, 0.2) is 0 Å². The number of rotatable bonds is 2. The van der Waals surface area contributed by atoms with E-state index in [1.54, 1.807) is 0 Å². The lowest BCUT2D eigenvalue weighted by Gasteiger charge is -2.34. The minimum atomic E-state index is -1.44. The molecule has 4 aromatic carbocycles. The Bertz CT molecular complexity index is 1640. The number of hydrogen-bond acceptors (Lipinski definition) is 2. The van der Waals surface area contributed by atoms with Crippen LogP contribution in [-0.4, -0.2) is 11.2 Å². The molecule has 3 heterocycles. The van der Waals surface area contributed by atoms with E-state index in [1.165, 1.54) is 31.2 Å². The average Bonchev–Trinajstić information content (AvgIpc) is 3.39. The lowest BCUT2D eigenvalue weighted by atomic mass is 10.1. The van der Waals surface area contributed by atoms with Crippen molar-refractivity contribution >= 4 is 32.0 Å². The summed E-state index contributed by atoms with van der Waals surface area (Å²) < 4.78 is 6.53. The fourth-order valence-electron chi connectivity index (χ4n) is 5.32. The topological polar surface area (TPSA) is 26.0 Å². The van der Waals surface area contributed by atoms with E-state index in [9.17, 15) is 0 Å². The smallest absolute Gasteiger partial charge is 0.144 e. The summed E-state index contributed by atoms with van der Waals surface area (Å²) in [4.78, 5) is 8.79. The standard InChI is InChI=1S/C30H21NOS/c1-33(26-16-4-2-10-20(26)21-11-3-5-17-27(21)33)28-18-9-15-25-29(28)23-13-8-12-22(30(23)32-25)24-14-6-7-19-31-24/h2-19H,1H3. The van der Waals surface area contributed by atoms with E-state index in [0.717, 1.165) is 27.8 Å². The Morgan fingerprint density at radius 1 is 0.606 bits per heavy atom. The van der Waals surface area contributed by atoms with Gasteiger partial charge in [-0.3, -0.25) is 4.98 Å². The molecular weight excluding hydrogens is 422 g/mol. The molecule has 0 atom stereocenters. The SMILES string of the molecule is CS1(c2cccc3oc4c(-c5ccccn5)cccc4c23)c2ccccc2-c2ccccc21. The molecule has 1 aliphatic heterocycles. The third-order valence-corrected chi connectivity index (χ3v) is 10.5. The monoisotopic (exact) mass is 443 g/mol. The zero-order valence-corrected chi connectivity index (χ0v) is 19.0. The van der Waals surface area contributed by atoms with Gasteiger partial charge in [-0.15, -0.1) is 0 Å². The summed E-state index contributed by atoms with van der Waals surface area (Å²) in [5.74, 6) is 0. The molecule has 6 aromatic rings. The third-order valence-electron chi connectivity index (χ3n) is 6.81. The fraction of sp³-hybridized carbons (Fsp3) is 0.0333. The van der Waals surface area contributed by atoms with Crippen LogP contribution >= 0.6 is 10.0 Å². The maximum absolute atomic E-state index is 6.53. The number of furan rings is 1. The first-order valence-corrected chi connectivity index (χ1v) is 13.1. The number of benzene rings is 4. The van der Waals surface area contributed by atoms with Gasteiger partial charge >= 0.3 is 0 Å². The van der Waals surface area contributed by atoms with Crippen LogP contribution in [0.5, 0.6) is 0 Å². The summed E-state index contributed by atoms with van der Waals surface area (Å²) in [5, 5.41) is 2.37. The highest BCUT2D eigenvalue weighted by molar-refractivity contribution is 8.33. The van der Waals surface area contributed by atoms with E-state index < -0.39 is 10.0 Å². The maximum Gasteiger partial charge on any atom is 0.144 e. The van der Waals surface area contributed by atoms with Crippen molar-refractivity contribution in [3.8, 4) is 22.4 Å². The molecule has 0 unspecified atom stereocenters. The van der Waals surface area contributed by atoms with Gasteiger partial charge in [-0.2, -0.15) is 10.0 Å². The van der Waals surface area contributed by atoms with Crippen LogP contribution in [-0.2, 0) is 0 Å². The van der Waals surface area contributed by atoms with Crippen LogP contribution in [0.25, 0.3) is 44.3 Å². The van der Waals surface area contributed by atoms with Crippen molar-refractivity contribution in [1.82, 2.24) is 4.98 Å². The van der Waals surface area contributed by atoms with Crippen molar-refractivity contribution in [2.24, 2.45) is 0 Å². The van der Waals surface area contributed by atoms with E-state index in [-0.39, 0.29) is 0 Å². The normalized spacial score (nSPS) is 14.8. The summed E-state index contributed by atoms with van der Waals surface area (Å²) in [5.41, 5.74) is 6.50. The molecule has 0 bridgehead atoms. The summed E-state index contributed by atoms with van der Waals surface area (Å²) in [7, 11) is -1.44. The minimum absolute atomic E-state index is 0.904. The molecule has 0 N–H and O–H groups in total. The number of hydrogen-bond donors (Lipinski definition) is 0. The average molecular weight is 444 g/mol. The quantitative estimate of drug-likeness (QED) is 0.268. The van der Waals surface area contributed by atoms with Crippen molar-refractivity contribution in [1.29, 1.82) is 0 Å². The van der Waals surface area contributed by atoms with E-state index >= 15 is 0 Å². The lowest BCUT2D eigenvalue weighted by molar-refractivity contribution is 0.669. The van der Waals surface area contributed by atoms with Gasteiger partial charge in [0.05, 0.1) is 5.69 Å². The van der Waals surface area contributed by atoms with Gasteiger partial charge in [0.25, 0.3) is 0 Å². The van der Waals surface area contributed by atoms with Crippen LogP contribution < -0.4 is 0 Å². The molecule has 0 saturated heterocycles. The highest BCUT2D eigenvalue weighted by atomic mass is 32.3. The Morgan fingerprint density at radius 3 is 1.97 bits per heavy atom. The zero-order chi connectivity index (χ0) is 22.0. The largest absolute Gasteiger partial charge is 0.455 e. The number of nitrogens with zero attached hydrogens (tertiary/aromatic N) is 1. The van der Waals surface area contributed by atoms with Crippen LogP contribution in [0.1, 0.15) is 0 Å². The van der Waals surface area contributed by atoms with Crippen molar-refractivity contribution in [3.05, 3.63) is 109 Å². The lowest BCUT2D eigenvalue weighted by Crippen LogP contribution is -1.98. The molecule has 2 nitrogen and oxygen atoms in total. The maximum atomic E-state index is 6.53. The van der Waals surface area contributed by atoms with Crippen molar-refractivity contribution < 1.29 is 4.42 Å². The Morgan fingerprint density at radius 2 is 1.24 bits per heavy atom. The molecule has 7 rings (SSSR count). The molecule has 0 fully saturated rings. The summed E-state index contributed by atoms with van der Waals surface area (Å²) in [6.45, 7) is 0. The number of pyridine rings is 1. The van der Waals surface area contributed by atoms with Crippen molar-refractivity contribution in [3.63, 3.8) is 0 Å². The van der Waals surface area contributed by atoms with Gasteiger partial charge in [0.2, 0.25) is 0 Å². The van der Waals surface area contributed by atoms with E-state index in [2.05, 4.69) is 96.2 Å². The molecule has 1 aliphatic rings. The zero-order valence-electron chi connectivity index (χ0n) is 18.2. The molecule has 2 aromatic heterocycles. The highest BCUT2D eigenvalue weighted by Crippen LogP contribution is 2.74. The van der Waals surface area contributed by atoms with Gasteiger partial charge in [-0.05, 0) is 59.8 Å². The molecule has 3 heteroatoms. The summed E-state index contributed by atoms with van der Waals surface area (Å²) >= 11 is 0. The van der Waals surface area contributed by atoms with Crippen LogP contribution in [0.3, 0.4) is 0 Å². The highest BCUT2D eigenvalue weighted by Gasteiger charge is 2.38. The van der Waals surface area contributed by atoms with Gasteiger partial charge in [-0.25, -0.2) is 0 Å². The van der Waals surface area contributed by atoms with E-state index in [0.29, 0.717) is 0 Å². The fourth-order valence-corrected chi connectivity index (χ4v) is 8.94. The number of aromatic nitrogens is 1. The second kappa shape index (κ2) is 6.84. The Kier molecular flexibility index (Phi) is 3.88. The van der Waals surface area contributed by atoms with Crippen LogP contribution in [0.15, 0.2) is 128 Å². The number of fused-ring (bicyclic) bond motifs is 6. The minimum Gasteiger partial charge on any atom is -0.455 e. The van der Waals surface area contributed by atoms with Crippen LogP contribution in [0.2, 0.25) is 0 Å². The third kappa shape index (κ3) is 2.48. The molecule has 0 radical (unpaired) electrons. The van der Waals surface area contributed by atoms with Gasteiger partial charge in [0.1, 0.15) is 11.2 Å². The second-order valence-electron chi connectivity index (χ2n) is 8.54. The van der Waals surface area contributed by atoms with Gasteiger partial charge in [-0.1, -0.05) is 60.7 Å². The molecule has 0 amide bonds. The Hall–Kier alpha value is -3.82. The first kappa shape index (κ1) is 18.7. The summed E-state index contributed by atoms with van der Waals surface area (Å²) in [6, 6.07) is 36.7. The first-order chi connectivity index (χ1) is 16.3. The molecule has 0 saturated carbocycles. The molecule has 0 aliphatic carbocycles. The second-order valence-corrected chi connectivity index (χ2v) is 11.7. The van der Waals surface area contributed by atoms with Gasteiger partial charge < -0.3 is 4.42 Å². The van der Waals surface area contributed by atoms with Crippen molar-refractivity contribution in [2.75, 3.05) is 6.26 Å². The van der Waals surface area contributed by atoms with E-state index in [4.69, 9.17) is 4.42 Å². The predicted molar refractivity (Wildman–Crippen MR) is 137 cm³/mol. The Balaban J connectivity index is 1.59. The molecular formula is C30H21NOS. The van der Waals surface area contributed by atoms with Gasteiger partial charge in [0, 0.05) is 37.2 Å². The Labute approximate surface area is 193 Å². The number of para-hydroxylation sites is 1. The molecule has 158 valence electrons. The van der Waals surface area contributed by atoms with E-state index in [1.807, 2.05) is 24.4 Å². The van der Waals surface area contributed by atoms with Crippen molar-refractivity contribution in [2.45, 2.75) is 14.7 Å². The predicted octanol–water partition coefficient (Wildman–Crippen LogP) is 8.54. The molecule has 33 heavy (non-hydrogen) atoms.